The number of alkyl halides is 3. The molecular weight excluding hydrogens is 483 g/mol. The summed E-state index contributed by atoms with van der Waals surface area (Å²) < 4.78 is 52.0. The predicted molar refractivity (Wildman–Crippen MR) is 121 cm³/mol. The molecule has 2 amide bonds. The molecule has 1 heterocycles. The zero-order chi connectivity index (χ0) is 26.3. The van der Waals surface area contributed by atoms with E-state index in [9.17, 15) is 32.9 Å². The van der Waals surface area contributed by atoms with Crippen molar-refractivity contribution in [1.29, 1.82) is 0 Å². The molecule has 0 fully saturated rings. The van der Waals surface area contributed by atoms with Crippen molar-refractivity contribution in [2.75, 3.05) is 13.1 Å². The third-order valence-electron chi connectivity index (χ3n) is 5.12. The van der Waals surface area contributed by atoms with Crippen LogP contribution >= 0.6 is 0 Å². The van der Waals surface area contributed by atoms with Gasteiger partial charge < -0.3 is 20.5 Å². The summed E-state index contributed by atoms with van der Waals surface area (Å²) in [6.07, 6.45) is -2.56. The van der Waals surface area contributed by atoms with E-state index < -0.39 is 40.8 Å². The monoisotopic (exact) mass is 505 g/mol. The summed E-state index contributed by atoms with van der Waals surface area (Å²) >= 11 is 0. The number of nitro groups is 1. The van der Waals surface area contributed by atoms with Crippen molar-refractivity contribution in [3.05, 3.63) is 99.0 Å². The first-order valence-corrected chi connectivity index (χ1v) is 10.7. The molecule has 3 N–H and O–H groups in total. The van der Waals surface area contributed by atoms with Gasteiger partial charge in [-0.05, 0) is 23.8 Å². The fourth-order valence-electron chi connectivity index (χ4n) is 3.46. The number of halogens is 3. The summed E-state index contributed by atoms with van der Waals surface area (Å²) in [5.41, 5.74) is 4.34. The summed E-state index contributed by atoms with van der Waals surface area (Å²) in [6.45, 7) is -1.05. The molecule has 0 saturated carbocycles. The van der Waals surface area contributed by atoms with Crippen molar-refractivity contribution in [3.63, 3.8) is 0 Å². The third-order valence-corrected chi connectivity index (χ3v) is 5.12. The van der Waals surface area contributed by atoms with Gasteiger partial charge in [-0.2, -0.15) is 13.2 Å². The molecule has 0 spiro atoms. The number of carbonyl (C=O) groups is 2. The number of rotatable bonds is 10. The lowest BCUT2D eigenvalue weighted by Gasteiger charge is -2.30. The molecule has 1 unspecified atom stereocenters. The number of ether oxygens (including phenoxy) is 2. The Bertz CT molecular complexity index is 1200. The van der Waals surface area contributed by atoms with Crippen molar-refractivity contribution >= 4 is 17.9 Å². The van der Waals surface area contributed by atoms with E-state index in [2.05, 4.69) is 5.32 Å². The van der Waals surface area contributed by atoms with Crippen molar-refractivity contribution in [2.45, 2.75) is 24.8 Å². The summed E-state index contributed by atoms with van der Waals surface area (Å²) in [6, 6.07) is 12.5. The molecule has 0 aliphatic carbocycles. The zero-order valence-corrected chi connectivity index (χ0v) is 18.8. The van der Waals surface area contributed by atoms with E-state index in [-0.39, 0.29) is 36.3 Å². The second kappa shape index (κ2) is 10.9. The van der Waals surface area contributed by atoms with Gasteiger partial charge in [-0.1, -0.05) is 42.5 Å². The van der Waals surface area contributed by atoms with Crippen LogP contribution in [0.3, 0.4) is 0 Å². The molecule has 1 aliphatic rings. The van der Waals surface area contributed by atoms with Gasteiger partial charge in [-0.25, -0.2) is 0 Å². The average Bonchev–Trinajstić information content (AvgIpc) is 3.26. The number of hydrogen-bond acceptors (Lipinski definition) is 6. The maximum Gasteiger partial charge on any atom is 0.416 e. The van der Waals surface area contributed by atoms with Crippen LogP contribution < -0.4 is 11.1 Å². The summed E-state index contributed by atoms with van der Waals surface area (Å²) in [5, 5.41) is 14.0. The van der Waals surface area contributed by atoms with Gasteiger partial charge in [0.25, 0.3) is 0 Å². The Hall–Kier alpha value is -4.35. The molecule has 12 heteroatoms. The molecule has 2 aromatic rings. The molecule has 2 aromatic carbocycles. The van der Waals surface area contributed by atoms with Crippen LogP contribution in [-0.4, -0.2) is 29.8 Å². The summed E-state index contributed by atoms with van der Waals surface area (Å²) in [7, 11) is 0. The number of nitrogens with one attached hydrogen (secondary N) is 1. The van der Waals surface area contributed by atoms with Crippen LogP contribution in [0.25, 0.3) is 6.08 Å². The minimum absolute atomic E-state index is 0.00199. The lowest BCUT2D eigenvalue weighted by atomic mass is 9.93. The number of nitrogens with two attached hydrogens (primary N) is 1. The smallest absolute Gasteiger partial charge is 0.416 e. The first-order chi connectivity index (χ1) is 17.0. The highest BCUT2D eigenvalue weighted by atomic mass is 19.4. The molecule has 0 bridgehead atoms. The van der Waals surface area contributed by atoms with Gasteiger partial charge in [0.05, 0.1) is 17.7 Å². The maximum atomic E-state index is 13.5. The molecule has 190 valence electrons. The van der Waals surface area contributed by atoms with Crippen molar-refractivity contribution in [1.82, 2.24) is 5.32 Å². The van der Waals surface area contributed by atoms with Crippen LogP contribution in [0.4, 0.5) is 13.2 Å². The quantitative estimate of drug-likeness (QED) is 0.375. The van der Waals surface area contributed by atoms with Gasteiger partial charge in [0, 0.05) is 23.3 Å². The number of primary amides is 1. The first-order valence-electron chi connectivity index (χ1n) is 10.7. The standard InChI is InChI=1S/C24H22F3N3O6/c25-24(26,27)18-8-4-7-17(12-18)23(19(14-30(33)34)11-16-5-2-1-3-6-16)35-15-20(36-23)13-29-22(32)10-9-21(28)31/h1-8,11-12,15H,9-10,13-14H2,(H2,28,31)(H,29,32). The lowest BCUT2D eigenvalue weighted by molar-refractivity contribution is -0.474. The topological polar surface area (TPSA) is 134 Å². The maximum absolute atomic E-state index is 13.5. The van der Waals surface area contributed by atoms with Crippen LogP contribution in [0.15, 0.2) is 72.2 Å². The first kappa shape index (κ1) is 26.3. The summed E-state index contributed by atoms with van der Waals surface area (Å²) in [4.78, 5) is 33.7. The molecule has 0 aromatic heterocycles. The Kier molecular flexibility index (Phi) is 7.97. The molecule has 0 radical (unpaired) electrons. The Morgan fingerprint density at radius 3 is 2.47 bits per heavy atom. The van der Waals surface area contributed by atoms with E-state index in [1.54, 1.807) is 30.3 Å². The van der Waals surface area contributed by atoms with Crippen LogP contribution in [0.5, 0.6) is 0 Å². The van der Waals surface area contributed by atoms with E-state index in [1.165, 1.54) is 12.1 Å². The Balaban J connectivity index is 2.00. The predicted octanol–water partition coefficient (Wildman–Crippen LogP) is 3.49. The fourth-order valence-corrected chi connectivity index (χ4v) is 3.46. The number of hydrogen-bond donors (Lipinski definition) is 2. The van der Waals surface area contributed by atoms with Crippen LogP contribution in [0.2, 0.25) is 0 Å². The van der Waals surface area contributed by atoms with Gasteiger partial charge in [-0.15, -0.1) is 0 Å². The minimum atomic E-state index is -4.69. The normalized spacial score (nSPS) is 17.5. The molecule has 1 atom stereocenters. The van der Waals surface area contributed by atoms with Gasteiger partial charge >= 0.3 is 12.0 Å². The van der Waals surface area contributed by atoms with Gasteiger partial charge in [0.1, 0.15) is 6.26 Å². The molecule has 1 aliphatic heterocycles. The molecule has 36 heavy (non-hydrogen) atoms. The molecule has 3 rings (SSSR count). The molecule has 0 saturated heterocycles. The second-order valence-corrected chi connectivity index (χ2v) is 7.81. The third kappa shape index (κ3) is 6.62. The lowest BCUT2D eigenvalue weighted by Crippen LogP contribution is -2.35. The van der Waals surface area contributed by atoms with Gasteiger partial charge in [0.2, 0.25) is 18.4 Å². The Morgan fingerprint density at radius 1 is 1.11 bits per heavy atom. The van der Waals surface area contributed by atoms with E-state index >= 15 is 0 Å². The van der Waals surface area contributed by atoms with Crippen molar-refractivity contribution in [3.8, 4) is 0 Å². The van der Waals surface area contributed by atoms with E-state index in [4.69, 9.17) is 15.2 Å². The van der Waals surface area contributed by atoms with Crippen LogP contribution in [-0.2, 0) is 31.0 Å². The van der Waals surface area contributed by atoms with E-state index in [1.807, 2.05) is 0 Å². The van der Waals surface area contributed by atoms with E-state index in [0.29, 0.717) is 5.56 Å². The number of amides is 2. The number of carbonyl (C=O) groups excluding carboxylic acids is 2. The van der Waals surface area contributed by atoms with Gasteiger partial charge in [-0.3, -0.25) is 19.7 Å². The Labute approximate surface area is 203 Å². The number of nitrogens with zero attached hydrogens (tertiary/aromatic N) is 1. The fraction of sp³-hybridized carbons (Fsp3) is 0.250. The Morgan fingerprint density at radius 2 is 1.83 bits per heavy atom. The SMILES string of the molecule is NC(=O)CCC(=O)NCC1=COC(C(=Cc2ccccc2)C[N+](=O)[O-])(c2cccc(C(F)(F)F)c2)O1. The highest BCUT2D eigenvalue weighted by molar-refractivity contribution is 5.82. The average molecular weight is 505 g/mol. The number of benzene rings is 2. The largest absolute Gasteiger partial charge is 0.449 e. The molecular formula is C24H22F3N3O6. The highest BCUT2D eigenvalue weighted by Gasteiger charge is 2.48. The van der Waals surface area contributed by atoms with Crippen LogP contribution in [0.1, 0.15) is 29.5 Å². The van der Waals surface area contributed by atoms with Crippen molar-refractivity contribution < 1.29 is 37.2 Å². The zero-order valence-electron chi connectivity index (χ0n) is 18.8. The van der Waals surface area contributed by atoms with Gasteiger partial charge in [0.15, 0.2) is 5.76 Å². The summed E-state index contributed by atoms with van der Waals surface area (Å²) in [5.74, 6) is -3.29. The highest BCUT2D eigenvalue weighted by Crippen LogP contribution is 2.44. The van der Waals surface area contributed by atoms with E-state index in [0.717, 1.165) is 24.5 Å². The minimum Gasteiger partial charge on any atom is -0.449 e. The molecule has 9 nitrogen and oxygen atoms in total. The van der Waals surface area contributed by atoms with Crippen LogP contribution in [0, 0.1) is 10.1 Å². The van der Waals surface area contributed by atoms with Crippen molar-refractivity contribution in [2.24, 2.45) is 5.73 Å². The second-order valence-electron chi connectivity index (χ2n) is 7.81.